The average molecular weight is 437 g/mol. The van der Waals surface area contributed by atoms with E-state index in [2.05, 4.69) is 0 Å². The van der Waals surface area contributed by atoms with Crippen LogP contribution in [0.2, 0.25) is 10.0 Å². The molecule has 1 aliphatic heterocycles. The molecule has 0 atom stereocenters. The van der Waals surface area contributed by atoms with E-state index in [-0.39, 0.29) is 12.2 Å². The van der Waals surface area contributed by atoms with Gasteiger partial charge in [0.15, 0.2) is 11.5 Å². The van der Waals surface area contributed by atoms with Crippen molar-refractivity contribution in [2.45, 2.75) is 26.2 Å². The number of hydrogen-bond acceptors (Lipinski definition) is 6. The van der Waals surface area contributed by atoms with Crippen molar-refractivity contribution in [3.05, 3.63) is 63.1 Å². The third-order valence-corrected chi connectivity index (χ3v) is 4.76. The van der Waals surface area contributed by atoms with E-state index < -0.39 is 17.7 Å². The van der Waals surface area contributed by atoms with Gasteiger partial charge in [-0.3, -0.25) is 0 Å². The molecular weight excluding hydrogens is 419 g/mol. The van der Waals surface area contributed by atoms with Gasteiger partial charge in [-0.05, 0) is 35.9 Å². The van der Waals surface area contributed by atoms with E-state index >= 15 is 0 Å². The molecule has 0 N–H and O–H groups in total. The largest absolute Gasteiger partial charge is 0.493 e. The molecule has 0 saturated carbocycles. The lowest BCUT2D eigenvalue weighted by atomic mass is 10.1. The van der Waals surface area contributed by atoms with Crippen LogP contribution in [-0.4, -0.2) is 24.8 Å². The Kier molecular flexibility index (Phi) is 6.05. The van der Waals surface area contributed by atoms with Crippen LogP contribution in [0.5, 0.6) is 11.5 Å². The predicted octanol–water partition coefficient (Wildman–Crippen LogP) is 4.80. The van der Waals surface area contributed by atoms with Gasteiger partial charge in [-0.15, -0.1) is 0 Å². The van der Waals surface area contributed by atoms with Crippen molar-refractivity contribution in [1.29, 1.82) is 0 Å². The smallest absolute Gasteiger partial charge is 0.348 e. The zero-order chi connectivity index (χ0) is 21.2. The second-order valence-electron chi connectivity index (χ2n) is 6.64. The maximum absolute atomic E-state index is 12.1. The zero-order valence-corrected chi connectivity index (χ0v) is 17.5. The first-order valence-corrected chi connectivity index (χ1v) is 9.38. The number of carbonyl (C=O) groups excluding carboxylic acids is 2. The van der Waals surface area contributed by atoms with Crippen molar-refractivity contribution in [2.24, 2.45) is 0 Å². The summed E-state index contributed by atoms with van der Waals surface area (Å²) in [6, 6.07) is 10.1. The highest BCUT2D eigenvalue weighted by Crippen LogP contribution is 2.33. The lowest BCUT2D eigenvalue weighted by Crippen LogP contribution is -2.41. The highest BCUT2D eigenvalue weighted by Gasteiger charge is 2.38. The topological polar surface area (TPSA) is 71.1 Å². The number of benzene rings is 2. The third kappa shape index (κ3) is 4.83. The highest BCUT2D eigenvalue weighted by molar-refractivity contribution is 6.35. The molecule has 3 rings (SSSR count). The average Bonchev–Trinajstić information content (AvgIpc) is 2.64. The molecule has 1 heterocycles. The second-order valence-corrected chi connectivity index (χ2v) is 7.45. The van der Waals surface area contributed by atoms with Gasteiger partial charge in [-0.1, -0.05) is 35.3 Å². The van der Waals surface area contributed by atoms with Gasteiger partial charge in [0.25, 0.3) is 5.79 Å². The molecule has 8 heteroatoms. The minimum atomic E-state index is -1.30. The lowest BCUT2D eigenvalue weighted by molar-refractivity contribution is -0.222. The fourth-order valence-corrected chi connectivity index (χ4v) is 3.17. The van der Waals surface area contributed by atoms with Gasteiger partial charge < -0.3 is 18.9 Å². The maximum atomic E-state index is 12.1. The number of cyclic esters (lactones) is 2. The molecule has 0 spiro atoms. The first-order valence-electron chi connectivity index (χ1n) is 8.62. The summed E-state index contributed by atoms with van der Waals surface area (Å²) in [5.41, 5.74) is 0.938. The van der Waals surface area contributed by atoms with Crippen LogP contribution in [0, 0.1) is 0 Å². The first kappa shape index (κ1) is 21.0. The van der Waals surface area contributed by atoms with E-state index in [9.17, 15) is 9.59 Å². The predicted molar refractivity (Wildman–Crippen MR) is 108 cm³/mol. The molecule has 0 aromatic heterocycles. The van der Waals surface area contributed by atoms with Crippen molar-refractivity contribution < 1.29 is 28.5 Å². The zero-order valence-electron chi connectivity index (χ0n) is 16.0. The summed E-state index contributed by atoms with van der Waals surface area (Å²) in [5, 5.41) is 0.954. The van der Waals surface area contributed by atoms with Crippen LogP contribution in [0.1, 0.15) is 25.0 Å². The van der Waals surface area contributed by atoms with E-state index in [1.807, 2.05) is 0 Å². The van der Waals surface area contributed by atoms with Crippen LogP contribution in [-0.2, 0) is 25.7 Å². The van der Waals surface area contributed by atoms with E-state index in [0.29, 0.717) is 32.7 Å². The van der Waals surface area contributed by atoms with Gasteiger partial charge in [0.05, 0.1) is 7.11 Å². The minimum Gasteiger partial charge on any atom is -0.493 e. The number of ether oxygens (including phenoxy) is 4. The Morgan fingerprint density at radius 2 is 1.62 bits per heavy atom. The summed E-state index contributed by atoms with van der Waals surface area (Å²) >= 11 is 12.4. The van der Waals surface area contributed by atoms with Gasteiger partial charge in [0.2, 0.25) is 0 Å². The standard InChI is InChI=1S/C21H18Cl2O6/c1-21(2)28-19(24)13(20(25)29-21)9-12-7-8-17(26-3)18(10-12)27-11-14-15(22)5-4-6-16(14)23/h4-10H,11H2,1-3H3. The fourth-order valence-electron chi connectivity index (χ4n) is 2.66. The number of esters is 2. The molecule has 2 aromatic rings. The quantitative estimate of drug-likeness (QED) is 0.380. The molecule has 1 saturated heterocycles. The van der Waals surface area contributed by atoms with Crippen LogP contribution < -0.4 is 9.47 Å². The summed E-state index contributed by atoms with van der Waals surface area (Å²) in [4.78, 5) is 24.3. The van der Waals surface area contributed by atoms with Gasteiger partial charge >= 0.3 is 11.9 Å². The van der Waals surface area contributed by atoms with Crippen LogP contribution in [0.4, 0.5) is 0 Å². The van der Waals surface area contributed by atoms with Crippen LogP contribution in [0.25, 0.3) is 6.08 Å². The molecule has 29 heavy (non-hydrogen) atoms. The van der Waals surface area contributed by atoms with Crippen LogP contribution in [0.3, 0.4) is 0 Å². The summed E-state index contributed by atoms with van der Waals surface area (Å²) < 4.78 is 21.4. The molecule has 0 radical (unpaired) electrons. The summed E-state index contributed by atoms with van der Waals surface area (Å²) in [5.74, 6) is -1.96. The fraction of sp³-hybridized carbons (Fsp3) is 0.238. The summed E-state index contributed by atoms with van der Waals surface area (Å²) in [6.45, 7) is 3.07. The van der Waals surface area contributed by atoms with Crippen LogP contribution >= 0.6 is 23.2 Å². The number of rotatable bonds is 5. The molecule has 0 unspecified atom stereocenters. The van der Waals surface area contributed by atoms with Gasteiger partial charge in [-0.2, -0.15) is 0 Å². The van der Waals surface area contributed by atoms with Gasteiger partial charge in [0.1, 0.15) is 12.2 Å². The Hall–Kier alpha value is -2.70. The van der Waals surface area contributed by atoms with Gasteiger partial charge in [0, 0.05) is 29.5 Å². The van der Waals surface area contributed by atoms with Crippen molar-refractivity contribution in [3.8, 4) is 11.5 Å². The summed E-state index contributed by atoms with van der Waals surface area (Å²) in [6.07, 6.45) is 1.37. The number of halogens is 2. The molecule has 0 amide bonds. The first-order chi connectivity index (χ1) is 13.7. The van der Waals surface area contributed by atoms with Crippen molar-refractivity contribution in [2.75, 3.05) is 7.11 Å². The number of hydrogen-bond donors (Lipinski definition) is 0. The monoisotopic (exact) mass is 436 g/mol. The molecular formula is C21H18Cl2O6. The maximum Gasteiger partial charge on any atom is 0.348 e. The molecule has 152 valence electrons. The van der Waals surface area contributed by atoms with E-state index in [1.165, 1.54) is 27.0 Å². The Labute approximate surface area is 177 Å². The number of methoxy groups -OCH3 is 1. The van der Waals surface area contributed by atoms with Crippen molar-refractivity contribution in [3.63, 3.8) is 0 Å². The van der Waals surface area contributed by atoms with Gasteiger partial charge in [-0.25, -0.2) is 9.59 Å². The van der Waals surface area contributed by atoms with E-state index in [0.717, 1.165) is 0 Å². The third-order valence-electron chi connectivity index (χ3n) is 4.05. The SMILES string of the molecule is COc1ccc(C=C2C(=O)OC(C)(C)OC2=O)cc1OCc1c(Cl)cccc1Cl. The Balaban J connectivity index is 1.87. The molecule has 0 bridgehead atoms. The summed E-state index contributed by atoms with van der Waals surface area (Å²) in [7, 11) is 1.50. The molecule has 1 aliphatic rings. The van der Waals surface area contributed by atoms with Crippen molar-refractivity contribution >= 4 is 41.2 Å². The van der Waals surface area contributed by atoms with E-state index in [1.54, 1.807) is 36.4 Å². The molecule has 1 fully saturated rings. The normalized spacial score (nSPS) is 15.4. The Morgan fingerprint density at radius 3 is 2.21 bits per heavy atom. The second kappa shape index (κ2) is 8.35. The number of carbonyl (C=O) groups is 2. The van der Waals surface area contributed by atoms with E-state index in [4.69, 9.17) is 42.1 Å². The van der Waals surface area contributed by atoms with Crippen molar-refractivity contribution in [1.82, 2.24) is 0 Å². The Bertz CT molecular complexity index is 954. The minimum absolute atomic E-state index is 0.104. The molecule has 6 nitrogen and oxygen atoms in total. The Morgan fingerprint density at radius 1 is 1.00 bits per heavy atom. The molecule has 2 aromatic carbocycles. The molecule has 0 aliphatic carbocycles. The highest BCUT2D eigenvalue weighted by atomic mass is 35.5. The van der Waals surface area contributed by atoms with Crippen LogP contribution in [0.15, 0.2) is 42.0 Å². The lowest BCUT2D eigenvalue weighted by Gasteiger charge is -2.29.